The molecule has 0 aromatic carbocycles. The number of nitrogens with zero attached hydrogens (tertiary/aromatic N) is 7. The molecule has 5 heterocycles. The van der Waals surface area contributed by atoms with E-state index in [0.717, 1.165) is 48.4 Å². The van der Waals surface area contributed by atoms with Gasteiger partial charge in [0.05, 0.1) is 12.1 Å². The van der Waals surface area contributed by atoms with Crippen LogP contribution in [0.4, 0.5) is 10.2 Å². The fourth-order valence-corrected chi connectivity index (χ4v) is 4.94. The summed E-state index contributed by atoms with van der Waals surface area (Å²) in [4.78, 5) is 21.5. The van der Waals surface area contributed by atoms with Gasteiger partial charge in [0.25, 0.3) is 0 Å². The van der Waals surface area contributed by atoms with Crippen LogP contribution in [0.25, 0.3) is 16.6 Å². The van der Waals surface area contributed by atoms with E-state index in [1.54, 1.807) is 11.0 Å². The lowest BCUT2D eigenvalue weighted by Gasteiger charge is -2.41. The highest BCUT2D eigenvalue weighted by Crippen LogP contribution is 2.41. The van der Waals surface area contributed by atoms with Crippen LogP contribution in [0.3, 0.4) is 0 Å². The Balaban J connectivity index is 1.31. The zero-order chi connectivity index (χ0) is 19.7. The molecule has 2 saturated heterocycles. The fraction of sp³-hybridized carbons (Fsp3) is 0.500. The van der Waals surface area contributed by atoms with Crippen LogP contribution in [0.15, 0.2) is 31.0 Å². The van der Waals surface area contributed by atoms with Crippen LogP contribution < -0.4 is 4.90 Å². The van der Waals surface area contributed by atoms with E-state index in [1.165, 1.54) is 0 Å². The first kappa shape index (κ1) is 16.9. The van der Waals surface area contributed by atoms with Gasteiger partial charge in [-0.2, -0.15) is 10.2 Å². The highest BCUT2D eigenvalue weighted by molar-refractivity contribution is 5.84. The molecule has 9 heteroatoms. The number of aryl methyl sites for hydroxylation is 1. The molecule has 0 N–H and O–H groups in total. The molecule has 6 rings (SSSR count). The molecule has 4 atom stereocenters. The van der Waals surface area contributed by atoms with Crippen LogP contribution in [0.1, 0.15) is 19.3 Å². The molecule has 8 nitrogen and oxygen atoms in total. The van der Waals surface area contributed by atoms with Crippen molar-refractivity contribution in [2.45, 2.75) is 37.5 Å². The second-order valence-electron chi connectivity index (χ2n) is 8.44. The smallest absolute Gasteiger partial charge is 0.229 e. The van der Waals surface area contributed by atoms with Gasteiger partial charge in [-0.15, -0.1) is 0 Å². The first-order valence-corrected chi connectivity index (χ1v) is 10.1. The Bertz CT molecular complexity index is 1090. The maximum Gasteiger partial charge on any atom is 0.229 e. The summed E-state index contributed by atoms with van der Waals surface area (Å²) in [7, 11) is 1.90. The highest BCUT2D eigenvalue weighted by atomic mass is 19.1. The molecule has 150 valence electrons. The molecule has 0 radical (unpaired) electrons. The van der Waals surface area contributed by atoms with Gasteiger partial charge in [-0.25, -0.2) is 13.9 Å². The summed E-state index contributed by atoms with van der Waals surface area (Å²) in [5, 5.41) is 8.62. The van der Waals surface area contributed by atoms with Crippen LogP contribution >= 0.6 is 0 Å². The first-order chi connectivity index (χ1) is 14.1. The van der Waals surface area contributed by atoms with E-state index in [0.29, 0.717) is 6.42 Å². The maximum absolute atomic E-state index is 13.4. The quantitative estimate of drug-likeness (QED) is 0.675. The van der Waals surface area contributed by atoms with Crippen molar-refractivity contribution in [1.82, 2.24) is 29.3 Å². The maximum atomic E-state index is 13.4. The highest BCUT2D eigenvalue weighted by Gasteiger charge is 2.51. The Morgan fingerprint density at radius 3 is 2.55 bits per heavy atom. The van der Waals surface area contributed by atoms with Crippen molar-refractivity contribution >= 4 is 17.2 Å². The molecule has 2 unspecified atom stereocenters. The fourth-order valence-electron chi connectivity index (χ4n) is 4.94. The predicted molar refractivity (Wildman–Crippen MR) is 104 cm³/mol. The largest absolute Gasteiger partial charge is 0.351 e. The number of carbonyl (C=O) groups is 1. The van der Waals surface area contributed by atoms with Crippen LogP contribution in [0.2, 0.25) is 0 Å². The van der Waals surface area contributed by atoms with Crippen LogP contribution in [0, 0.1) is 5.92 Å². The van der Waals surface area contributed by atoms with Gasteiger partial charge in [-0.3, -0.25) is 9.48 Å². The van der Waals surface area contributed by atoms with Crippen molar-refractivity contribution in [2.75, 3.05) is 18.0 Å². The molecule has 0 spiro atoms. The average molecular weight is 395 g/mol. The number of carbonyl (C=O) groups excluding carboxylic acids is 1. The minimum Gasteiger partial charge on any atom is -0.351 e. The zero-order valence-corrected chi connectivity index (χ0v) is 16.1. The molecule has 29 heavy (non-hydrogen) atoms. The van der Waals surface area contributed by atoms with E-state index in [2.05, 4.69) is 26.1 Å². The second kappa shape index (κ2) is 6.01. The minimum atomic E-state index is -0.937. The summed E-state index contributed by atoms with van der Waals surface area (Å²) in [6, 6.07) is 2.36. The summed E-state index contributed by atoms with van der Waals surface area (Å²) in [5.41, 5.74) is 3.01. The Morgan fingerprint density at radius 2 is 1.90 bits per heavy atom. The molecule has 1 amide bonds. The van der Waals surface area contributed by atoms with E-state index in [9.17, 15) is 9.18 Å². The lowest BCUT2D eigenvalue weighted by molar-refractivity contribution is -0.136. The SMILES string of the molecule is Cn1cc(-c2cc3c(N4CC5CCC(C4)N5C(=O)[C@H]4C[C@H]4F)ncnn3c2)cn1. The first-order valence-electron chi connectivity index (χ1n) is 10.1. The average Bonchev–Trinajstić information content (AvgIpc) is 3.04. The van der Waals surface area contributed by atoms with Gasteiger partial charge in [0.2, 0.25) is 5.91 Å². The minimum absolute atomic E-state index is 0.0130. The van der Waals surface area contributed by atoms with E-state index in [1.807, 2.05) is 35.1 Å². The van der Waals surface area contributed by atoms with Crippen molar-refractivity contribution < 1.29 is 9.18 Å². The van der Waals surface area contributed by atoms with Gasteiger partial charge in [0.15, 0.2) is 5.82 Å². The number of halogens is 1. The predicted octanol–water partition coefficient (Wildman–Crippen LogP) is 1.67. The third-order valence-corrected chi connectivity index (χ3v) is 6.49. The molecule has 3 aliphatic rings. The summed E-state index contributed by atoms with van der Waals surface area (Å²) in [6.45, 7) is 1.46. The van der Waals surface area contributed by atoms with Gasteiger partial charge >= 0.3 is 0 Å². The topological polar surface area (TPSA) is 71.6 Å². The third-order valence-electron chi connectivity index (χ3n) is 6.49. The Morgan fingerprint density at radius 1 is 1.14 bits per heavy atom. The molecule has 1 saturated carbocycles. The molecular formula is C20H22FN7O. The number of hydrogen-bond acceptors (Lipinski definition) is 5. The van der Waals surface area contributed by atoms with Crippen molar-refractivity contribution in [3.05, 3.63) is 31.0 Å². The summed E-state index contributed by atoms with van der Waals surface area (Å²) in [5.74, 6) is 0.496. The molecule has 3 aromatic rings. The molecule has 2 aliphatic heterocycles. The number of rotatable bonds is 3. The zero-order valence-electron chi connectivity index (χ0n) is 16.1. The molecular weight excluding hydrogens is 373 g/mol. The van der Waals surface area contributed by atoms with Gasteiger partial charge in [-0.05, 0) is 25.3 Å². The summed E-state index contributed by atoms with van der Waals surface area (Å²) >= 11 is 0. The second-order valence-corrected chi connectivity index (χ2v) is 8.44. The normalized spacial score (nSPS) is 28.3. The van der Waals surface area contributed by atoms with Gasteiger partial charge in [0, 0.05) is 55.7 Å². The molecule has 1 aliphatic carbocycles. The number of alkyl halides is 1. The van der Waals surface area contributed by atoms with Crippen LogP contribution in [-0.2, 0) is 11.8 Å². The van der Waals surface area contributed by atoms with E-state index in [4.69, 9.17) is 0 Å². The van der Waals surface area contributed by atoms with Crippen molar-refractivity contribution in [2.24, 2.45) is 13.0 Å². The Kier molecular flexibility index (Phi) is 3.51. The molecule has 2 bridgehead atoms. The van der Waals surface area contributed by atoms with E-state index >= 15 is 0 Å². The number of anilines is 1. The van der Waals surface area contributed by atoms with Crippen LogP contribution in [0.5, 0.6) is 0 Å². The lowest BCUT2D eigenvalue weighted by Crippen LogP contribution is -2.56. The summed E-state index contributed by atoms with van der Waals surface area (Å²) in [6.07, 6.45) is 8.78. The lowest BCUT2D eigenvalue weighted by atomic mass is 10.1. The van der Waals surface area contributed by atoms with Gasteiger partial charge < -0.3 is 9.80 Å². The van der Waals surface area contributed by atoms with Crippen molar-refractivity contribution in [3.63, 3.8) is 0 Å². The third kappa shape index (κ3) is 2.63. The number of piperazine rings is 1. The Hall–Kier alpha value is -2.97. The van der Waals surface area contributed by atoms with Gasteiger partial charge in [0.1, 0.15) is 18.0 Å². The molecule has 3 fully saturated rings. The summed E-state index contributed by atoms with van der Waals surface area (Å²) < 4.78 is 17.1. The standard InChI is InChI=1S/C20H22FN7O/c1-25-7-13(6-23-25)12-4-18-19(22-11-24-27(18)8-12)26-9-14-2-3-15(10-26)28(14)20(29)16-5-17(16)21/h4,6-8,11,14-17H,2-3,5,9-10H2,1H3/t14?,15?,16-,17+/m0/s1. The van der Waals surface area contributed by atoms with E-state index < -0.39 is 12.1 Å². The number of fused-ring (bicyclic) bond motifs is 3. The van der Waals surface area contributed by atoms with E-state index in [-0.39, 0.29) is 18.0 Å². The molecule has 3 aromatic heterocycles. The number of hydrogen-bond donors (Lipinski definition) is 0. The monoisotopic (exact) mass is 395 g/mol. The number of aromatic nitrogens is 5. The van der Waals surface area contributed by atoms with Crippen molar-refractivity contribution in [3.8, 4) is 11.1 Å². The Labute approximate surface area is 166 Å². The van der Waals surface area contributed by atoms with Gasteiger partial charge in [-0.1, -0.05) is 0 Å². The van der Waals surface area contributed by atoms with Crippen molar-refractivity contribution in [1.29, 1.82) is 0 Å². The van der Waals surface area contributed by atoms with Crippen LogP contribution in [-0.4, -0.2) is 66.5 Å². The number of amides is 1.